The van der Waals surface area contributed by atoms with Crippen LogP contribution in [0.15, 0.2) is 55.6 Å². The van der Waals surface area contributed by atoms with E-state index in [1.165, 1.54) is 27.9 Å². The van der Waals surface area contributed by atoms with Crippen molar-refractivity contribution in [2.75, 3.05) is 13.1 Å². The van der Waals surface area contributed by atoms with E-state index in [2.05, 4.69) is 56.7 Å². The molecule has 0 bridgehead atoms. The largest absolute Gasteiger partial charge is 0.316 e. The molecule has 0 atom stereocenters. The normalized spacial score (nSPS) is 19.4. The van der Waals surface area contributed by atoms with Crippen LogP contribution in [-0.4, -0.2) is 18.1 Å². The van der Waals surface area contributed by atoms with Gasteiger partial charge in [-0.2, -0.15) is 0 Å². The Balaban J connectivity index is 2.24. The molecule has 3 rings (SSSR count). The first-order valence-corrected chi connectivity index (χ1v) is 10.4. The van der Waals surface area contributed by atoms with Gasteiger partial charge in [-0.3, -0.25) is 4.98 Å². The van der Waals surface area contributed by atoms with Gasteiger partial charge < -0.3 is 5.32 Å². The Labute approximate surface area is 171 Å². The molecule has 0 saturated carbocycles. The van der Waals surface area contributed by atoms with Crippen molar-refractivity contribution in [2.24, 2.45) is 0 Å². The maximum Gasteiger partial charge on any atom is 0.0737 e. The van der Waals surface area contributed by atoms with Gasteiger partial charge in [-0.05, 0) is 106 Å². The van der Waals surface area contributed by atoms with Gasteiger partial charge in [0.15, 0.2) is 0 Å². The van der Waals surface area contributed by atoms with Gasteiger partial charge in [0, 0.05) is 20.7 Å². The second-order valence-electron chi connectivity index (χ2n) is 6.36. The molecular weight excluding hydrogens is 463 g/mol. The minimum Gasteiger partial charge on any atom is -0.316 e. The van der Waals surface area contributed by atoms with Crippen LogP contribution in [0.3, 0.4) is 0 Å². The molecule has 1 aromatic heterocycles. The number of piperidine rings is 1. The van der Waals surface area contributed by atoms with Gasteiger partial charge in [-0.15, -0.1) is 0 Å². The average molecular weight is 485 g/mol. The summed E-state index contributed by atoms with van der Waals surface area (Å²) in [5.74, 6) is 0. The molecule has 0 unspecified atom stereocenters. The topological polar surface area (TPSA) is 24.9 Å². The highest BCUT2D eigenvalue weighted by Crippen LogP contribution is 2.42. The molecule has 1 fully saturated rings. The number of pyridine rings is 1. The van der Waals surface area contributed by atoms with Gasteiger partial charge in [0.1, 0.15) is 0 Å². The van der Waals surface area contributed by atoms with Crippen LogP contribution in [0, 0.1) is 0 Å². The molecule has 0 radical (unpaired) electrons. The zero-order chi connectivity index (χ0) is 18.0. The number of hydrogen-bond acceptors (Lipinski definition) is 2. The summed E-state index contributed by atoms with van der Waals surface area (Å²) in [4.78, 5) is 4.80. The van der Waals surface area contributed by atoms with Crippen molar-refractivity contribution < 1.29 is 0 Å². The van der Waals surface area contributed by atoms with E-state index in [-0.39, 0.29) is 0 Å². The lowest BCUT2D eigenvalue weighted by Gasteiger charge is -2.22. The third-order valence-electron chi connectivity index (χ3n) is 4.86. The van der Waals surface area contributed by atoms with Crippen molar-refractivity contribution in [1.82, 2.24) is 10.3 Å². The summed E-state index contributed by atoms with van der Waals surface area (Å²) in [6.07, 6.45) is 7.59. The summed E-state index contributed by atoms with van der Waals surface area (Å²) in [5.41, 5.74) is 7.74. The molecule has 2 aliphatic rings. The molecule has 0 amide bonds. The van der Waals surface area contributed by atoms with Gasteiger partial charge in [0.05, 0.1) is 10.7 Å². The Morgan fingerprint density at radius 3 is 2.68 bits per heavy atom. The molecule has 1 N–H and O–H groups in total. The molecular formula is C20H21Br2ClN2. The summed E-state index contributed by atoms with van der Waals surface area (Å²) in [5, 5.41) is 4.10. The van der Waals surface area contributed by atoms with Gasteiger partial charge in [-0.1, -0.05) is 23.8 Å². The molecule has 25 heavy (non-hydrogen) atoms. The molecule has 2 nitrogen and oxygen atoms in total. The summed E-state index contributed by atoms with van der Waals surface area (Å²) < 4.78 is 1.97. The second-order valence-corrected chi connectivity index (χ2v) is 8.48. The summed E-state index contributed by atoms with van der Waals surface area (Å²) in [6, 6.07) is 2.20. The predicted octanol–water partition coefficient (Wildman–Crippen LogP) is 6.28. The maximum atomic E-state index is 6.37. The highest BCUT2D eigenvalue weighted by atomic mass is 79.9. The lowest BCUT2D eigenvalue weighted by atomic mass is 9.89. The lowest BCUT2D eigenvalue weighted by molar-refractivity contribution is 0.611. The Kier molecular flexibility index (Phi) is 6.37. The second kappa shape index (κ2) is 8.34. The monoisotopic (exact) mass is 482 g/mol. The van der Waals surface area contributed by atoms with Crippen molar-refractivity contribution in [3.05, 3.63) is 66.9 Å². The highest BCUT2D eigenvalue weighted by Gasteiger charge is 2.25. The van der Waals surface area contributed by atoms with Gasteiger partial charge in [0.25, 0.3) is 0 Å². The third-order valence-corrected chi connectivity index (χ3v) is 6.77. The van der Waals surface area contributed by atoms with Crippen LogP contribution in [0.1, 0.15) is 37.4 Å². The Bertz CT molecular complexity index is 798. The van der Waals surface area contributed by atoms with Crippen LogP contribution in [0.4, 0.5) is 0 Å². The van der Waals surface area contributed by atoms with Crippen LogP contribution < -0.4 is 5.32 Å². The van der Waals surface area contributed by atoms with Crippen LogP contribution in [0.2, 0.25) is 0 Å². The van der Waals surface area contributed by atoms with Gasteiger partial charge in [0.2, 0.25) is 0 Å². The van der Waals surface area contributed by atoms with E-state index in [4.69, 9.17) is 16.6 Å². The van der Waals surface area contributed by atoms with E-state index in [1.54, 1.807) is 6.08 Å². The molecule has 132 valence electrons. The van der Waals surface area contributed by atoms with Crippen LogP contribution >= 0.6 is 43.5 Å². The fourth-order valence-corrected chi connectivity index (χ4v) is 4.74. The van der Waals surface area contributed by atoms with Gasteiger partial charge in [-0.25, -0.2) is 0 Å². The number of fused-ring (bicyclic) bond motifs is 1. The minimum absolute atomic E-state index is 0.657. The van der Waals surface area contributed by atoms with E-state index in [1.807, 2.05) is 6.20 Å². The van der Waals surface area contributed by atoms with Crippen LogP contribution in [-0.2, 0) is 6.42 Å². The Morgan fingerprint density at radius 1 is 1.28 bits per heavy atom. The minimum atomic E-state index is 0.657. The van der Waals surface area contributed by atoms with E-state index >= 15 is 0 Å². The van der Waals surface area contributed by atoms with Crippen LogP contribution in [0.25, 0.3) is 5.57 Å². The zero-order valence-corrected chi connectivity index (χ0v) is 18.2. The predicted molar refractivity (Wildman–Crippen MR) is 114 cm³/mol. The zero-order valence-electron chi connectivity index (χ0n) is 14.3. The number of aryl methyl sites for hydroxylation is 1. The van der Waals surface area contributed by atoms with E-state index in [0.717, 1.165) is 53.4 Å². The maximum absolute atomic E-state index is 6.37. The smallest absolute Gasteiger partial charge is 0.0737 e. The van der Waals surface area contributed by atoms with Crippen molar-refractivity contribution in [1.29, 1.82) is 0 Å². The Hall–Kier alpha value is -0.680. The SMILES string of the molecule is C=C/C(Cl)=C(/Br)C1=C(C)C(=C2CCNCC2)c2ncc(Br)cc2CC1. The first-order valence-electron chi connectivity index (χ1n) is 8.48. The number of nitrogens with one attached hydrogen (secondary N) is 1. The van der Waals surface area contributed by atoms with Crippen LogP contribution in [0.5, 0.6) is 0 Å². The molecule has 1 aromatic rings. The molecule has 1 aliphatic heterocycles. The van der Waals surface area contributed by atoms with Crippen molar-refractivity contribution in [2.45, 2.75) is 32.6 Å². The van der Waals surface area contributed by atoms with Crippen molar-refractivity contribution >= 4 is 49.0 Å². The molecule has 5 heteroatoms. The summed E-state index contributed by atoms with van der Waals surface area (Å²) in [6.45, 7) is 8.06. The molecule has 1 aliphatic carbocycles. The fourth-order valence-electron chi connectivity index (χ4n) is 3.59. The number of rotatable bonds is 2. The molecule has 2 heterocycles. The first-order chi connectivity index (χ1) is 12.0. The number of halogens is 3. The first kappa shape index (κ1) is 19.1. The van der Waals surface area contributed by atoms with Crippen molar-refractivity contribution in [3.63, 3.8) is 0 Å². The summed E-state index contributed by atoms with van der Waals surface area (Å²) in [7, 11) is 0. The number of aromatic nitrogens is 1. The molecule has 0 aromatic carbocycles. The number of nitrogens with zero attached hydrogens (tertiary/aromatic N) is 1. The molecule has 1 saturated heterocycles. The average Bonchev–Trinajstić information content (AvgIpc) is 2.77. The van der Waals surface area contributed by atoms with E-state index < -0.39 is 0 Å². The lowest BCUT2D eigenvalue weighted by Crippen LogP contribution is -2.24. The third kappa shape index (κ3) is 4.02. The number of hydrogen-bond donors (Lipinski definition) is 1. The Morgan fingerprint density at radius 2 is 2.00 bits per heavy atom. The summed E-state index contributed by atoms with van der Waals surface area (Å²) >= 11 is 13.6. The van der Waals surface area contributed by atoms with Crippen molar-refractivity contribution in [3.8, 4) is 0 Å². The standard InChI is InChI=1S/C20H21Br2ClN2/c1-3-17(23)19(22)16-5-4-14-10-15(21)11-25-20(14)18(12(16)2)13-6-8-24-9-7-13/h3,10-11,24H,1,4-9H2,2H3/b19-17-. The quantitative estimate of drug-likeness (QED) is 0.500. The van der Waals surface area contributed by atoms with E-state index in [0.29, 0.717) is 5.03 Å². The molecule has 0 spiro atoms. The highest BCUT2D eigenvalue weighted by molar-refractivity contribution is 9.12. The van der Waals surface area contributed by atoms with Gasteiger partial charge >= 0.3 is 0 Å². The fraction of sp³-hybridized carbons (Fsp3) is 0.350. The number of allylic oxidation sites excluding steroid dienone is 6. The van der Waals surface area contributed by atoms with E-state index in [9.17, 15) is 0 Å².